The van der Waals surface area contributed by atoms with Gasteiger partial charge in [-0.1, -0.05) is 42.1 Å². The van der Waals surface area contributed by atoms with Gasteiger partial charge in [0.25, 0.3) is 0 Å². The first kappa shape index (κ1) is 11.6. The molecule has 1 aromatic rings. The number of nitrogens with zero attached hydrogens (tertiary/aromatic N) is 1. The molecule has 2 aliphatic carbocycles. The topological polar surface area (TPSA) is 46.5 Å². The number of hydrogen-bond acceptors (Lipinski definition) is 4. The molecule has 0 fully saturated rings. The van der Waals surface area contributed by atoms with Gasteiger partial charge in [-0.3, -0.25) is 14.6 Å². The zero-order chi connectivity index (χ0) is 13.7. The molecule has 0 aromatic heterocycles. The first-order valence-electron chi connectivity index (χ1n) is 6.27. The van der Waals surface area contributed by atoms with Crippen molar-refractivity contribution in [3.63, 3.8) is 0 Å². The van der Waals surface area contributed by atoms with Crippen LogP contribution in [0.5, 0.6) is 0 Å². The summed E-state index contributed by atoms with van der Waals surface area (Å²) in [5, 5.41) is 1.87. The van der Waals surface area contributed by atoms with Crippen molar-refractivity contribution in [3.8, 4) is 0 Å². The third-order valence-electron chi connectivity index (χ3n) is 3.68. The average molecular weight is 279 g/mol. The number of thioether (sulfide) groups is 1. The average Bonchev–Trinajstić information content (AvgIpc) is 2.51. The highest BCUT2D eigenvalue weighted by Gasteiger charge is 2.42. The lowest BCUT2D eigenvalue weighted by Crippen LogP contribution is -2.37. The SMILES string of the molecule is O=C1C2=CC=C3SC=CN=C3C2C(=O)c2ccccc21. The van der Waals surface area contributed by atoms with Gasteiger partial charge in [-0.05, 0) is 11.5 Å². The maximum atomic E-state index is 12.7. The Morgan fingerprint density at radius 3 is 2.70 bits per heavy atom. The van der Waals surface area contributed by atoms with Gasteiger partial charge < -0.3 is 0 Å². The summed E-state index contributed by atoms with van der Waals surface area (Å²) < 4.78 is 0. The monoisotopic (exact) mass is 279 g/mol. The Bertz CT molecular complexity index is 783. The first-order valence-corrected chi connectivity index (χ1v) is 7.15. The molecule has 1 unspecified atom stereocenters. The first-order chi connectivity index (χ1) is 9.77. The third kappa shape index (κ3) is 1.45. The maximum Gasteiger partial charge on any atom is 0.190 e. The Morgan fingerprint density at radius 1 is 1.05 bits per heavy atom. The number of rotatable bonds is 0. The number of ketones is 2. The summed E-state index contributed by atoms with van der Waals surface area (Å²) in [5.74, 6) is -0.649. The Labute approximate surface area is 119 Å². The third-order valence-corrected chi connectivity index (χ3v) is 4.54. The summed E-state index contributed by atoms with van der Waals surface area (Å²) in [7, 11) is 0. The molecule has 0 N–H and O–H groups in total. The highest BCUT2D eigenvalue weighted by Crippen LogP contribution is 2.39. The van der Waals surface area contributed by atoms with Crippen molar-refractivity contribution in [2.24, 2.45) is 10.9 Å². The van der Waals surface area contributed by atoms with Crippen molar-refractivity contribution in [2.45, 2.75) is 0 Å². The minimum absolute atomic E-state index is 0.0355. The number of fused-ring (bicyclic) bond motifs is 4. The van der Waals surface area contributed by atoms with Crippen molar-refractivity contribution in [2.75, 3.05) is 0 Å². The molecule has 1 heterocycles. The van der Waals surface area contributed by atoms with E-state index in [0.29, 0.717) is 22.4 Å². The summed E-state index contributed by atoms with van der Waals surface area (Å²) in [6.45, 7) is 0. The van der Waals surface area contributed by atoms with E-state index in [2.05, 4.69) is 4.99 Å². The largest absolute Gasteiger partial charge is 0.293 e. The molecular formula is C16H9NO2S. The van der Waals surface area contributed by atoms with Crippen molar-refractivity contribution in [1.29, 1.82) is 0 Å². The summed E-state index contributed by atoms with van der Waals surface area (Å²) in [4.78, 5) is 30.5. The molecule has 4 rings (SSSR count). The molecule has 1 aromatic carbocycles. The second-order valence-electron chi connectivity index (χ2n) is 4.74. The normalized spacial score (nSPS) is 23.2. The lowest BCUT2D eigenvalue weighted by atomic mass is 9.74. The van der Waals surface area contributed by atoms with Crippen LogP contribution in [0.3, 0.4) is 0 Å². The van der Waals surface area contributed by atoms with Crippen LogP contribution in [0.15, 0.2) is 63.5 Å². The van der Waals surface area contributed by atoms with Gasteiger partial charge in [0.1, 0.15) is 0 Å². The molecule has 4 heteroatoms. The van der Waals surface area contributed by atoms with Crippen LogP contribution in [0.4, 0.5) is 0 Å². The van der Waals surface area contributed by atoms with E-state index in [1.54, 1.807) is 36.5 Å². The van der Waals surface area contributed by atoms with Crippen LogP contribution in [0.1, 0.15) is 20.7 Å². The van der Waals surface area contributed by atoms with Crippen LogP contribution < -0.4 is 0 Å². The molecule has 20 heavy (non-hydrogen) atoms. The molecular weight excluding hydrogens is 270 g/mol. The lowest BCUT2D eigenvalue weighted by Gasteiger charge is -2.30. The second kappa shape index (κ2) is 4.15. The quantitative estimate of drug-likeness (QED) is 0.733. The number of benzene rings is 1. The Hall–Kier alpha value is -2.20. The summed E-state index contributed by atoms with van der Waals surface area (Å²) >= 11 is 1.53. The summed E-state index contributed by atoms with van der Waals surface area (Å²) in [6.07, 6.45) is 5.32. The minimum atomic E-state index is -0.546. The molecule has 0 spiro atoms. The lowest BCUT2D eigenvalue weighted by molar-refractivity contribution is 0.0911. The van der Waals surface area contributed by atoms with E-state index in [0.717, 1.165) is 4.91 Å². The highest BCUT2D eigenvalue weighted by molar-refractivity contribution is 8.06. The summed E-state index contributed by atoms with van der Waals surface area (Å²) in [6, 6.07) is 7.00. The van der Waals surface area contributed by atoms with Crippen LogP contribution in [0.25, 0.3) is 0 Å². The zero-order valence-corrected chi connectivity index (χ0v) is 11.2. The molecule has 0 radical (unpaired) electrons. The number of hydrogen-bond donors (Lipinski definition) is 0. The van der Waals surface area contributed by atoms with Gasteiger partial charge in [-0.15, -0.1) is 0 Å². The highest BCUT2D eigenvalue weighted by atomic mass is 32.2. The fourth-order valence-electron chi connectivity index (χ4n) is 2.77. The van der Waals surface area contributed by atoms with Gasteiger partial charge in [0.2, 0.25) is 0 Å². The van der Waals surface area contributed by atoms with Gasteiger partial charge in [-0.2, -0.15) is 0 Å². The number of aliphatic imine (C=N–C) groups is 1. The van der Waals surface area contributed by atoms with E-state index in [9.17, 15) is 9.59 Å². The smallest absolute Gasteiger partial charge is 0.190 e. The van der Waals surface area contributed by atoms with Crippen LogP contribution >= 0.6 is 11.8 Å². The molecule has 0 amide bonds. The molecule has 1 aliphatic heterocycles. The summed E-state index contributed by atoms with van der Waals surface area (Å²) in [5.41, 5.74) is 2.23. The zero-order valence-electron chi connectivity index (χ0n) is 10.4. The van der Waals surface area contributed by atoms with Crippen LogP contribution in [0.2, 0.25) is 0 Å². The molecule has 0 saturated carbocycles. The Balaban J connectivity index is 1.96. The Kier molecular flexibility index (Phi) is 2.41. The molecule has 0 bridgehead atoms. The van der Waals surface area contributed by atoms with E-state index in [1.807, 2.05) is 11.5 Å². The van der Waals surface area contributed by atoms with Crippen LogP contribution in [-0.2, 0) is 0 Å². The molecule has 3 aliphatic rings. The van der Waals surface area contributed by atoms with E-state index in [1.165, 1.54) is 11.8 Å². The maximum absolute atomic E-state index is 12.7. The number of Topliss-reactive ketones (excluding diaryl/α,β-unsaturated/α-hetero) is 2. The van der Waals surface area contributed by atoms with E-state index < -0.39 is 5.92 Å². The number of allylic oxidation sites excluding steroid dienone is 4. The van der Waals surface area contributed by atoms with Crippen LogP contribution in [-0.4, -0.2) is 17.3 Å². The fraction of sp³-hybridized carbons (Fsp3) is 0.0625. The molecule has 96 valence electrons. The van der Waals surface area contributed by atoms with Gasteiger partial charge in [0.05, 0.1) is 11.6 Å². The molecule has 0 saturated heterocycles. The van der Waals surface area contributed by atoms with Crippen molar-refractivity contribution in [3.05, 3.63) is 69.6 Å². The molecule has 3 nitrogen and oxygen atoms in total. The van der Waals surface area contributed by atoms with Gasteiger partial charge in [0, 0.05) is 27.8 Å². The Morgan fingerprint density at radius 2 is 1.85 bits per heavy atom. The van der Waals surface area contributed by atoms with Gasteiger partial charge >= 0.3 is 0 Å². The minimum Gasteiger partial charge on any atom is -0.293 e. The van der Waals surface area contributed by atoms with Crippen molar-refractivity contribution < 1.29 is 9.59 Å². The predicted molar refractivity (Wildman–Crippen MR) is 78.9 cm³/mol. The van der Waals surface area contributed by atoms with Crippen molar-refractivity contribution >= 4 is 29.0 Å². The fourth-order valence-corrected chi connectivity index (χ4v) is 3.47. The van der Waals surface area contributed by atoms with Crippen molar-refractivity contribution in [1.82, 2.24) is 0 Å². The van der Waals surface area contributed by atoms with Gasteiger partial charge in [0.15, 0.2) is 11.6 Å². The van der Waals surface area contributed by atoms with E-state index in [4.69, 9.17) is 0 Å². The second-order valence-corrected chi connectivity index (χ2v) is 5.69. The van der Waals surface area contributed by atoms with E-state index >= 15 is 0 Å². The van der Waals surface area contributed by atoms with Crippen LogP contribution in [0, 0.1) is 5.92 Å². The van der Waals surface area contributed by atoms with Gasteiger partial charge in [-0.25, -0.2) is 0 Å². The standard InChI is InChI=1S/C16H9NO2S/c18-15-9-3-1-2-4-10(9)16(19)13-11(15)5-6-12-14(13)17-7-8-20-12/h1-8,13H. The number of carbonyl (C=O) groups is 2. The molecule has 1 atom stereocenters. The van der Waals surface area contributed by atoms with E-state index in [-0.39, 0.29) is 11.6 Å². The predicted octanol–water partition coefficient (Wildman–Crippen LogP) is 3.16. The number of carbonyl (C=O) groups excluding carboxylic acids is 2.